The third-order valence-corrected chi connectivity index (χ3v) is 3.96. The Hall–Kier alpha value is -1.26. The average molecular weight is 297 g/mol. The molecule has 1 aliphatic heterocycles. The Bertz CT molecular complexity index is 479. The van der Waals surface area contributed by atoms with Crippen LogP contribution in [0.1, 0.15) is 36.5 Å². The van der Waals surface area contributed by atoms with Crippen molar-refractivity contribution in [3.8, 4) is 0 Å². The Labute approximate surface area is 124 Å². The lowest BCUT2D eigenvalue weighted by atomic mass is 10.0. The molecule has 1 aromatic carbocycles. The van der Waals surface area contributed by atoms with Gasteiger partial charge in [-0.25, -0.2) is 0 Å². The Morgan fingerprint density at radius 1 is 1.50 bits per heavy atom. The number of benzene rings is 1. The predicted octanol–water partition coefficient (Wildman–Crippen LogP) is 3.07. The van der Waals surface area contributed by atoms with Crippen molar-refractivity contribution in [2.75, 3.05) is 19.0 Å². The Kier molecular flexibility index (Phi) is 5.26. The first-order chi connectivity index (χ1) is 9.63. The van der Waals surface area contributed by atoms with Crippen molar-refractivity contribution in [1.82, 2.24) is 5.32 Å². The lowest BCUT2D eigenvalue weighted by Gasteiger charge is -2.30. The molecule has 0 aliphatic carbocycles. The van der Waals surface area contributed by atoms with Crippen LogP contribution < -0.4 is 10.6 Å². The van der Waals surface area contributed by atoms with E-state index in [0.29, 0.717) is 22.7 Å². The van der Waals surface area contributed by atoms with Gasteiger partial charge in [-0.3, -0.25) is 4.79 Å². The molecule has 0 spiro atoms. The van der Waals surface area contributed by atoms with Crippen LogP contribution in [0.5, 0.6) is 0 Å². The molecule has 1 heterocycles. The first-order valence-corrected chi connectivity index (χ1v) is 7.41. The van der Waals surface area contributed by atoms with Crippen LogP contribution in [0.2, 0.25) is 5.02 Å². The third-order valence-electron chi connectivity index (χ3n) is 3.63. The number of carbonyl (C=O) groups excluding carboxylic acids is 1. The molecule has 1 fully saturated rings. The summed E-state index contributed by atoms with van der Waals surface area (Å²) in [5.41, 5.74) is 1.42. The third kappa shape index (κ3) is 3.64. The highest BCUT2D eigenvalue weighted by Gasteiger charge is 2.21. The zero-order valence-corrected chi connectivity index (χ0v) is 12.7. The highest BCUT2D eigenvalue weighted by atomic mass is 35.5. The van der Waals surface area contributed by atoms with E-state index >= 15 is 0 Å². The van der Waals surface area contributed by atoms with Crippen LogP contribution in [-0.2, 0) is 4.74 Å². The molecule has 1 aromatic rings. The quantitative estimate of drug-likeness (QED) is 0.898. The van der Waals surface area contributed by atoms with Crippen LogP contribution in [0.25, 0.3) is 0 Å². The molecular formula is C15H21ClN2O2. The van der Waals surface area contributed by atoms with Crippen molar-refractivity contribution in [2.24, 2.45) is 0 Å². The van der Waals surface area contributed by atoms with Crippen molar-refractivity contribution in [2.45, 2.75) is 38.3 Å². The van der Waals surface area contributed by atoms with E-state index in [0.717, 1.165) is 31.6 Å². The van der Waals surface area contributed by atoms with Gasteiger partial charge in [-0.1, -0.05) is 18.5 Å². The maximum atomic E-state index is 11.7. The summed E-state index contributed by atoms with van der Waals surface area (Å²) < 4.78 is 5.67. The first kappa shape index (κ1) is 15.1. The number of nitrogens with one attached hydrogen (secondary N) is 2. The highest BCUT2D eigenvalue weighted by molar-refractivity contribution is 6.34. The van der Waals surface area contributed by atoms with Gasteiger partial charge in [0.15, 0.2) is 0 Å². The lowest BCUT2D eigenvalue weighted by molar-refractivity contribution is 0.00925. The first-order valence-electron chi connectivity index (χ1n) is 7.03. The van der Waals surface area contributed by atoms with E-state index in [1.807, 2.05) is 6.07 Å². The standard InChI is InChI=1S/C15H21ClN2O2/c1-3-12-8-11(6-7-20-12)18-10-4-5-14(16)13(9-10)15(19)17-2/h4-5,9,11-12,18H,3,6-8H2,1-2H3,(H,17,19). The lowest BCUT2D eigenvalue weighted by Crippen LogP contribution is -2.33. The van der Waals surface area contributed by atoms with Crippen molar-refractivity contribution in [3.63, 3.8) is 0 Å². The van der Waals surface area contributed by atoms with E-state index in [2.05, 4.69) is 17.6 Å². The largest absolute Gasteiger partial charge is 0.382 e. The average Bonchev–Trinajstić information content (AvgIpc) is 2.48. The van der Waals surface area contributed by atoms with Gasteiger partial charge in [-0.2, -0.15) is 0 Å². The van der Waals surface area contributed by atoms with Gasteiger partial charge in [0.05, 0.1) is 16.7 Å². The van der Waals surface area contributed by atoms with Crippen LogP contribution in [0.4, 0.5) is 5.69 Å². The molecule has 20 heavy (non-hydrogen) atoms. The second-order valence-corrected chi connectivity index (χ2v) is 5.45. The van der Waals surface area contributed by atoms with Crippen LogP contribution in [0, 0.1) is 0 Å². The number of halogens is 1. The number of carbonyl (C=O) groups is 1. The summed E-state index contributed by atoms with van der Waals surface area (Å²) in [5.74, 6) is -0.169. The van der Waals surface area contributed by atoms with Crippen LogP contribution in [0.3, 0.4) is 0 Å². The molecule has 2 N–H and O–H groups in total. The van der Waals surface area contributed by atoms with Crippen LogP contribution in [-0.4, -0.2) is 31.7 Å². The minimum absolute atomic E-state index is 0.169. The summed E-state index contributed by atoms with van der Waals surface area (Å²) in [7, 11) is 1.60. The minimum atomic E-state index is -0.169. The fourth-order valence-electron chi connectivity index (χ4n) is 2.46. The summed E-state index contributed by atoms with van der Waals surface area (Å²) in [6.07, 6.45) is 3.33. The Morgan fingerprint density at radius 3 is 3.00 bits per heavy atom. The fourth-order valence-corrected chi connectivity index (χ4v) is 2.66. The number of hydrogen-bond donors (Lipinski definition) is 2. The maximum absolute atomic E-state index is 11.7. The molecule has 0 bridgehead atoms. The molecule has 0 saturated carbocycles. The molecule has 1 aliphatic rings. The summed E-state index contributed by atoms with van der Waals surface area (Å²) >= 11 is 6.05. The minimum Gasteiger partial charge on any atom is -0.382 e. The molecule has 1 saturated heterocycles. The van der Waals surface area contributed by atoms with E-state index in [4.69, 9.17) is 16.3 Å². The number of hydrogen-bond acceptors (Lipinski definition) is 3. The zero-order chi connectivity index (χ0) is 14.5. The fraction of sp³-hybridized carbons (Fsp3) is 0.533. The summed E-state index contributed by atoms with van der Waals surface area (Å²) in [6, 6.07) is 5.85. The summed E-state index contributed by atoms with van der Waals surface area (Å²) in [5, 5.41) is 6.54. The van der Waals surface area contributed by atoms with Crippen LogP contribution >= 0.6 is 11.6 Å². The van der Waals surface area contributed by atoms with Crippen molar-refractivity contribution >= 4 is 23.2 Å². The molecule has 0 aromatic heterocycles. The Balaban J connectivity index is 2.07. The van der Waals surface area contributed by atoms with Gasteiger partial charge in [0.2, 0.25) is 0 Å². The van der Waals surface area contributed by atoms with Gasteiger partial charge in [0.25, 0.3) is 5.91 Å². The molecule has 1 amide bonds. The molecule has 110 valence electrons. The molecule has 2 unspecified atom stereocenters. The smallest absolute Gasteiger partial charge is 0.252 e. The van der Waals surface area contributed by atoms with Gasteiger partial charge < -0.3 is 15.4 Å². The molecular weight excluding hydrogens is 276 g/mol. The SMILES string of the molecule is CCC1CC(Nc2ccc(Cl)c(C(=O)NC)c2)CCO1. The van der Waals surface area contributed by atoms with Gasteiger partial charge in [0.1, 0.15) is 0 Å². The van der Waals surface area contributed by atoms with Crippen molar-refractivity contribution < 1.29 is 9.53 Å². The van der Waals surface area contributed by atoms with Crippen LogP contribution in [0.15, 0.2) is 18.2 Å². The molecule has 4 nitrogen and oxygen atoms in total. The van der Waals surface area contributed by atoms with Gasteiger partial charge in [0, 0.05) is 25.4 Å². The molecule has 0 radical (unpaired) electrons. The van der Waals surface area contributed by atoms with Gasteiger partial charge in [-0.15, -0.1) is 0 Å². The normalized spacial score (nSPS) is 22.4. The molecule has 2 rings (SSSR count). The van der Waals surface area contributed by atoms with Gasteiger partial charge in [-0.05, 0) is 37.5 Å². The number of amides is 1. The highest BCUT2D eigenvalue weighted by Crippen LogP contribution is 2.24. The number of rotatable bonds is 4. The number of anilines is 1. The van der Waals surface area contributed by atoms with Crippen molar-refractivity contribution in [1.29, 1.82) is 0 Å². The predicted molar refractivity (Wildman–Crippen MR) is 81.5 cm³/mol. The van der Waals surface area contributed by atoms with Gasteiger partial charge >= 0.3 is 0 Å². The zero-order valence-electron chi connectivity index (χ0n) is 11.9. The summed E-state index contributed by atoms with van der Waals surface area (Å²) in [6.45, 7) is 2.92. The summed E-state index contributed by atoms with van der Waals surface area (Å²) in [4.78, 5) is 11.7. The molecule has 5 heteroatoms. The monoisotopic (exact) mass is 296 g/mol. The van der Waals surface area contributed by atoms with E-state index in [9.17, 15) is 4.79 Å². The Morgan fingerprint density at radius 2 is 2.30 bits per heavy atom. The van der Waals surface area contributed by atoms with E-state index in [1.165, 1.54) is 0 Å². The van der Waals surface area contributed by atoms with Crippen molar-refractivity contribution in [3.05, 3.63) is 28.8 Å². The van der Waals surface area contributed by atoms with E-state index in [1.54, 1.807) is 19.2 Å². The van der Waals surface area contributed by atoms with E-state index in [-0.39, 0.29) is 5.91 Å². The maximum Gasteiger partial charge on any atom is 0.252 e. The molecule has 2 atom stereocenters. The number of ether oxygens (including phenoxy) is 1. The topological polar surface area (TPSA) is 50.4 Å². The second-order valence-electron chi connectivity index (χ2n) is 5.04. The van der Waals surface area contributed by atoms with E-state index < -0.39 is 0 Å². The second kappa shape index (κ2) is 6.95.